The predicted molar refractivity (Wildman–Crippen MR) is 79.0 cm³/mol. The van der Waals surface area contributed by atoms with Crippen LogP contribution in [0.1, 0.15) is 10.4 Å². The first-order valence-electron chi connectivity index (χ1n) is 6.38. The van der Waals surface area contributed by atoms with E-state index >= 15 is 0 Å². The summed E-state index contributed by atoms with van der Waals surface area (Å²) in [7, 11) is 3.73. The molecule has 0 bridgehead atoms. The Kier molecular flexibility index (Phi) is 4.96. The van der Waals surface area contributed by atoms with Crippen molar-refractivity contribution < 1.29 is 9.53 Å². The van der Waals surface area contributed by atoms with Gasteiger partial charge in [0, 0.05) is 31.7 Å². The van der Waals surface area contributed by atoms with Crippen LogP contribution in [-0.4, -0.2) is 62.5 Å². The average Bonchev–Trinajstić information content (AvgIpc) is 2.41. The van der Waals surface area contributed by atoms with E-state index in [2.05, 4.69) is 32.8 Å². The lowest BCUT2D eigenvalue weighted by Gasteiger charge is -2.31. The second kappa shape index (κ2) is 6.50. The summed E-state index contributed by atoms with van der Waals surface area (Å²) in [6.45, 7) is 4.46. The lowest BCUT2D eigenvalue weighted by atomic mass is 10.1. The molecule has 2 rings (SSSR count). The Morgan fingerprint density at radius 2 is 2.00 bits per heavy atom. The fourth-order valence-electron chi connectivity index (χ4n) is 2.14. The van der Waals surface area contributed by atoms with Gasteiger partial charge in [0.2, 0.25) is 0 Å². The molecule has 1 aromatic carbocycles. The van der Waals surface area contributed by atoms with Gasteiger partial charge in [0.25, 0.3) is 0 Å². The second-order valence-electron chi connectivity index (χ2n) is 4.85. The number of ether oxygens (including phenoxy) is 1. The molecular weight excluding hydrogens is 308 g/mol. The molecule has 1 aliphatic heterocycles. The Morgan fingerprint density at radius 3 is 2.58 bits per heavy atom. The maximum atomic E-state index is 12.2. The smallest absolute Gasteiger partial charge is 0.176 e. The van der Waals surface area contributed by atoms with Gasteiger partial charge in [-0.05, 0) is 41.2 Å². The van der Waals surface area contributed by atoms with Gasteiger partial charge in [-0.25, -0.2) is 0 Å². The summed E-state index contributed by atoms with van der Waals surface area (Å²) in [5.41, 5.74) is 0.728. The minimum atomic E-state index is 0.160. The van der Waals surface area contributed by atoms with Crippen LogP contribution in [0.4, 0.5) is 0 Å². The molecule has 104 valence electrons. The van der Waals surface area contributed by atoms with Gasteiger partial charge in [-0.15, -0.1) is 0 Å². The van der Waals surface area contributed by atoms with Crippen LogP contribution in [0.25, 0.3) is 0 Å². The van der Waals surface area contributed by atoms with Gasteiger partial charge >= 0.3 is 0 Å². The molecule has 1 saturated heterocycles. The molecule has 0 saturated carbocycles. The molecule has 0 radical (unpaired) electrons. The molecule has 19 heavy (non-hydrogen) atoms. The van der Waals surface area contributed by atoms with E-state index in [0.717, 1.165) is 42.0 Å². The summed E-state index contributed by atoms with van der Waals surface area (Å²) in [4.78, 5) is 16.7. The minimum Gasteiger partial charge on any atom is -0.496 e. The van der Waals surface area contributed by atoms with Gasteiger partial charge in [-0.2, -0.15) is 0 Å². The van der Waals surface area contributed by atoms with E-state index in [9.17, 15) is 4.79 Å². The number of hydrogen-bond acceptors (Lipinski definition) is 4. The number of Topliss-reactive ketones (excluding diaryl/α,β-unsaturated/α-hetero) is 1. The first kappa shape index (κ1) is 14.5. The van der Waals surface area contributed by atoms with E-state index in [0.29, 0.717) is 6.54 Å². The number of benzene rings is 1. The van der Waals surface area contributed by atoms with Crippen molar-refractivity contribution in [3.05, 3.63) is 28.2 Å². The molecule has 5 heteroatoms. The molecular formula is C14H19BrN2O2. The van der Waals surface area contributed by atoms with Crippen LogP contribution in [0.15, 0.2) is 22.7 Å². The zero-order chi connectivity index (χ0) is 13.8. The normalized spacial score (nSPS) is 17.4. The molecule has 0 unspecified atom stereocenters. The van der Waals surface area contributed by atoms with Gasteiger partial charge in [-0.1, -0.05) is 0 Å². The summed E-state index contributed by atoms with van der Waals surface area (Å²) < 4.78 is 5.99. The monoisotopic (exact) mass is 326 g/mol. The number of piperazine rings is 1. The highest BCUT2D eigenvalue weighted by atomic mass is 79.9. The number of hydrogen-bond donors (Lipinski definition) is 0. The largest absolute Gasteiger partial charge is 0.496 e. The van der Waals surface area contributed by atoms with Crippen LogP contribution in [0, 0.1) is 0 Å². The molecule has 0 spiro atoms. The minimum absolute atomic E-state index is 0.160. The van der Waals surface area contributed by atoms with Crippen molar-refractivity contribution in [2.75, 3.05) is 46.9 Å². The van der Waals surface area contributed by atoms with Crippen molar-refractivity contribution in [1.82, 2.24) is 9.80 Å². The highest BCUT2D eigenvalue weighted by molar-refractivity contribution is 9.10. The van der Waals surface area contributed by atoms with Crippen molar-refractivity contribution >= 4 is 21.7 Å². The van der Waals surface area contributed by atoms with E-state index in [1.54, 1.807) is 7.11 Å². The lowest BCUT2D eigenvalue weighted by molar-refractivity contribution is 0.0876. The van der Waals surface area contributed by atoms with Gasteiger partial charge in [0.05, 0.1) is 18.1 Å². The molecule has 0 N–H and O–H groups in total. The van der Waals surface area contributed by atoms with Crippen molar-refractivity contribution in [2.24, 2.45) is 0 Å². The third-order valence-electron chi connectivity index (χ3n) is 3.44. The number of carbonyl (C=O) groups is 1. The van der Waals surface area contributed by atoms with Crippen molar-refractivity contribution in [3.8, 4) is 5.75 Å². The number of halogens is 1. The van der Waals surface area contributed by atoms with Crippen LogP contribution < -0.4 is 4.74 Å². The summed E-state index contributed by atoms with van der Waals surface area (Å²) in [5.74, 6) is 0.907. The molecule has 0 aliphatic carbocycles. The predicted octanol–water partition coefficient (Wildman–Crippen LogP) is 1.89. The third-order valence-corrected chi connectivity index (χ3v) is 4.06. The first-order chi connectivity index (χ1) is 9.10. The molecule has 1 heterocycles. The topological polar surface area (TPSA) is 32.8 Å². The molecule has 1 aliphatic rings. The number of rotatable bonds is 4. The molecule has 0 atom stereocenters. The highest BCUT2D eigenvalue weighted by Crippen LogP contribution is 2.25. The maximum Gasteiger partial charge on any atom is 0.176 e. The zero-order valence-electron chi connectivity index (χ0n) is 11.4. The van der Waals surface area contributed by atoms with Crippen LogP contribution in [-0.2, 0) is 0 Å². The number of nitrogens with zero attached hydrogens (tertiary/aromatic N) is 2. The number of likely N-dealkylation sites (N-methyl/N-ethyl adjacent to an activating group) is 1. The van der Waals surface area contributed by atoms with Gasteiger partial charge in [0.1, 0.15) is 5.75 Å². The van der Waals surface area contributed by atoms with E-state index in [4.69, 9.17) is 4.74 Å². The molecule has 0 aromatic heterocycles. The molecule has 1 aromatic rings. The van der Waals surface area contributed by atoms with E-state index in [-0.39, 0.29) is 5.78 Å². The van der Waals surface area contributed by atoms with E-state index in [1.165, 1.54) is 0 Å². The van der Waals surface area contributed by atoms with Gasteiger partial charge < -0.3 is 9.64 Å². The standard InChI is InChI=1S/C14H19BrN2O2/c1-16-5-7-17(8-6-16)10-13(18)11-3-4-14(19-2)12(15)9-11/h3-4,9H,5-8,10H2,1-2H3. The Labute approximate surface area is 122 Å². The zero-order valence-corrected chi connectivity index (χ0v) is 12.9. The van der Waals surface area contributed by atoms with E-state index < -0.39 is 0 Å². The fourth-order valence-corrected chi connectivity index (χ4v) is 2.68. The number of carbonyl (C=O) groups excluding carboxylic acids is 1. The van der Waals surface area contributed by atoms with Crippen molar-refractivity contribution in [1.29, 1.82) is 0 Å². The van der Waals surface area contributed by atoms with E-state index in [1.807, 2.05) is 18.2 Å². The maximum absolute atomic E-state index is 12.2. The summed E-state index contributed by atoms with van der Waals surface area (Å²) in [6.07, 6.45) is 0. The fraction of sp³-hybridized carbons (Fsp3) is 0.500. The van der Waals surface area contributed by atoms with Crippen LogP contribution in [0.2, 0.25) is 0 Å². The van der Waals surface area contributed by atoms with Crippen LogP contribution >= 0.6 is 15.9 Å². The third kappa shape index (κ3) is 3.78. The quantitative estimate of drug-likeness (QED) is 0.791. The second-order valence-corrected chi connectivity index (χ2v) is 5.71. The summed E-state index contributed by atoms with van der Waals surface area (Å²) >= 11 is 3.41. The Balaban J connectivity index is 1.98. The summed E-state index contributed by atoms with van der Waals surface area (Å²) in [6, 6.07) is 5.47. The highest BCUT2D eigenvalue weighted by Gasteiger charge is 2.17. The van der Waals surface area contributed by atoms with Crippen LogP contribution in [0.3, 0.4) is 0 Å². The number of methoxy groups -OCH3 is 1. The van der Waals surface area contributed by atoms with Gasteiger partial charge in [-0.3, -0.25) is 9.69 Å². The molecule has 1 fully saturated rings. The Hall–Kier alpha value is -0.910. The van der Waals surface area contributed by atoms with Crippen molar-refractivity contribution in [2.45, 2.75) is 0 Å². The SMILES string of the molecule is COc1ccc(C(=O)CN2CCN(C)CC2)cc1Br. The molecule has 4 nitrogen and oxygen atoms in total. The Bertz CT molecular complexity index is 457. The van der Waals surface area contributed by atoms with Crippen molar-refractivity contribution in [3.63, 3.8) is 0 Å². The summed E-state index contributed by atoms with van der Waals surface area (Å²) in [5, 5.41) is 0. The van der Waals surface area contributed by atoms with Crippen LogP contribution in [0.5, 0.6) is 5.75 Å². The van der Waals surface area contributed by atoms with Gasteiger partial charge in [0.15, 0.2) is 5.78 Å². The molecule has 0 amide bonds. The average molecular weight is 327 g/mol. The first-order valence-corrected chi connectivity index (χ1v) is 7.17. The lowest BCUT2D eigenvalue weighted by Crippen LogP contribution is -2.46. The number of ketones is 1. The Morgan fingerprint density at radius 1 is 1.32 bits per heavy atom.